The van der Waals surface area contributed by atoms with Crippen molar-refractivity contribution in [2.45, 2.75) is 6.92 Å². The van der Waals surface area contributed by atoms with E-state index in [0.717, 1.165) is 11.0 Å². The van der Waals surface area contributed by atoms with Gasteiger partial charge in [-0.2, -0.15) is 0 Å². The Bertz CT molecular complexity index is 858. The largest absolute Gasteiger partial charge is 0.482 e. The van der Waals surface area contributed by atoms with Crippen LogP contribution in [0.4, 0.5) is 0 Å². The van der Waals surface area contributed by atoms with Crippen molar-refractivity contribution in [2.24, 2.45) is 0 Å². The summed E-state index contributed by atoms with van der Waals surface area (Å²) < 4.78 is 7.03. The number of ether oxygens (including phenoxy) is 1. The molecule has 3 rings (SSSR count). The Labute approximate surface area is 137 Å². The smallest absolute Gasteiger partial charge is 0.270 e. The molecule has 22 heavy (non-hydrogen) atoms. The Hall–Kier alpha value is -2.04. The molecule has 112 valence electrons. The zero-order chi connectivity index (χ0) is 15.7. The average Bonchev–Trinajstić information content (AvgIpc) is 2.82. The van der Waals surface area contributed by atoms with Crippen molar-refractivity contribution >= 4 is 40.1 Å². The highest BCUT2D eigenvalue weighted by Gasteiger charge is 2.15. The quantitative estimate of drug-likeness (QED) is 0.714. The molecule has 0 amide bonds. The van der Waals surface area contributed by atoms with Gasteiger partial charge >= 0.3 is 0 Å². The Morgan fingerprint density at radius 1 is 1.23 bits per heavy atom. The minimum atomic E-state index is -0.211. The zero-order valence-electron chi connectivity index (χ0n) is 11.7. The molecule has 0 N–H and O–H groups in total. The van der Waals surface area contributed by atoms with Gasteiger partial charge < -0.3 is 4.74 Å². The summed E-state index contributed by atoms with van der Waals surface area (Å²) in [6.45, 7) is 1.65. The van der Waals surface area contributed by atoms with Crippen LogP contribution in [0.5, 0.6) is 5.75 Å². The van der Waals surface area contributed by atoms with Crippen LogP contribution in [0.15, 0.2) is 42.5 Å². The van der Waals surface area contributed by atoms with Crippen LogP contribution >= 0.6 is 23.2 Å². The second-order valence-corrected chi connectivity index (χ2v) is 5.58. The molecule has 0 fully saturated rings. The van der Waals surface area contributed by atoms with Gasteiger partial charge in [-0.05, 0) is 37.3 Å². The first kappa shape index (κ1) is 14.9. The highest BCUT2D eigenvalue weighted by molar-refractivity contribution is 6.35. The van der Waals surface area contributed by atoms with E-state index in [4.69, 9.17) is 27.9 Å². The van der Waals surface area contributed by atoms with Crippen LogP contribution in [0.2, 0.25) is 10.0 Å². The Balaban J connectivity index is 1.83. The third-order valence-corrected chi connectivity index (χ3v) is 3.75. The molecule has 0 radical (unpaired) electrons. The molecule has 2 aromatic carbocycles. The van der Waals surface area contributed by atoms with Crippen molar-refractivity contribution in [2.75, 3.05) is 6.61 Å². The van der Waals surface area contributed by atoms with E-state index in [-0.39, 0.29) is 12.5 Å². The average molecular weight is 335 g/mol. The molecule has 0 aliphatic heterocycles. The number of imidazole rings is 1. The van der Waals surface area contributed by atoms with Gasteiger partial charge in [0.05, 0.1) is 16.1 Å². The van der Waals surface area contributed by atoms with Gasteiger partial charge in [-0.25, -0.2) is 4.98 Å². The molecule has 0 aliphatic rings. The predicted octanol–water partition coefficient (Wildman–Crippen LogP) is 4.37. The van der Waals surface area contributed by atoms with Gasteiger partial charge in [-0.3, -0.25) is 9.36 Å². The summed E-state index contributed by atoms with van der Waals surface area (Å²) in [4.78, 5) is 16.8. The van der Waals surface area contributed by atoms with Crippen molar-refractivity contribution < 1.29 is 9.53 Å². The SMILES string of the molecule is Cc1nc2ccccc2n1C(=O)COc1ccc(Cl)cc1Cl. The second kappa shape index (κ2) is 5.99. The van der Waals surface area contributed by atoms with Gasteiger partial charge in [0.15, 0.2) is 6.61 Å². The first-order valence-electron chi connectivity index (χ1n) is 6.61. The second-order valence-electron chi connectivity index (χ2n) is 4.74. The van der Waals surface area contributed by atoms with E-state index >= 15 is 0 Å². The van der Waals surface area contributed by atoms with Crippen molar-refractivity contribution in [3.8, 4) is 5.75 Å². The Kier molecular flexibility index (Phi) is 4.05. The minimum absolute atomic E-state index is 0.136. The molecule has 3 aromatic rings. The number of hydrogen-bond acceptors (Lipinski definition) is 3. The van der Waals surface area contributed by atoms with E-state index in [1.807, 2.05) is 24.3 Å². The molecule has 4 nitrogen and oxygen atoms in total. The summed E-state index contributed by atoms with van der Waals surface area (Å²) in [5.41, 5.74) is 1.54. The van der Waals surface area contributed by atoms with Crippen molar-refractivity contribution in [3.05, 3.63) is 58.3 Å². The Morgan fingerprint density at radius 3 is 2.77 bits per heavy atom. The van der Waals surface area contributed by atoms with E-state index in [0.29, 0.717) is 21.6 Å². The molecule has 0 spiro atoms. The van der Waals surface area contributed by atoms with E-state index in [1.54, 1.807) is 29.7 Å². The molecule has 0 atom stereocenters. The molecule has 1 aromatic heterocycles. The fourth-order valence-electron chi connectivity index (χ4n) is 2.26. The lowest BCUT2D eigenvalue weighted by Gasteiger charge is -2.09. The fourth-order valence-corrected chi connectivity index (χ4v) is 2.72. The highest BCUT2D eigenvalue weighted by atomic mass is 35.5. The van der Waals surface area contributed by atoms with Gasteiger partial charge in [0.25, 0.3) is 5.91 Å². The molecular weight excluding hydrogens is 323 g/mol. The van der Waals surface area contributed by atoms with Gasteiger partial charge in [-0.1, -0.05) is 35.3 Å². The van der Waals surface area contributed by atoms with Crippen molar-refractivity contribution in [1.29, 1.82) is 0 Å². The summed E-state index contributed by atoms with van der Waals surface area (Å²) in [6.07, 6.45) is 0. The third-order valence-electron chi connectivity index (χ3n) is 3.22. The number of carbonyl (C=O) groups excluding carboxylic acids is 1. The molecular formula is C16H12Cl2N2O2. The number of nitrogens with zero attached hydrogens (tertiary/aromatic N) is 2. The summed E-state index contributed by atoms with van der Waals surface area (Å²) in [5, 5.41) is 0.882. The molecule has 0 saturated carbocycles. The fraction of sp³-hybridized carbons (Fsp3) is 0.125. The van der Waals surface area contributed by atoms with Crippen LogP contribution in [0, 0.1) is 6.92 Å². The monoisotopic (exact) mass is 334 g/mol. The minimum Gasteiger partial charge on any atom is -0.482 e. The first-order chi connectivity index (χ1) is 10.6. The molecule has 0 bridgehead atoms. The lowest BCUT2D eigenvalue weighted by Crippen LogP contribution is -2.20. The number of halogens is 2. The van der Waals surface area contributed by atoms with E-state index in [9.17, 15) is 4.79 Å². The lowest BCUT2D eigenvalue weighted by atomic mass is 10.3. The number of para-hydroxylation sites is 2. The van der Waals surface area contributed by atoms with Crippen molar-refractivity contribution in [3.63, 3.8) is 0 Å². The standard InChI is InChI=1S/C16H12Cl2N2O2/c1-10-19-13-4-2-3-5-14(13)20(10)16(21)9-22-15-7-6-11(17)8-12(15)18/h2-8H,9H2,1H3. The highest BCUT2D eigenvalue weighted by Crippen LogP contribution is 2.27. The number of carbonyl (C=O) groups is 1. The molecule has 0 unspecified atom stereocenters. The van der Waals surface area contributed by atoms with Gasteiger partial charge in [-0.15, -0.1) is 0 Å². The topological polar surface area (TPSA) is 44.1 Å². The number of rotatable bonds is 3. The third kappa shape index (κ3) is 2.80. The number of fused-ring (bicyclic) bond motifs is 1. The van der Waals surface area contributed by atoms with Crippen LogP contribution in [0.3, 0.4) is 0 Å². The van der Waals surface area contributed by atoms with Gasteiger partial charge in [0.1, 0.15) is 11.6 Å². The molecule has 0 aliphatic carbocycles. The van der Waals surface area contributed by atoms with Crippen molar-refractivity contribution in [1.82, 2.24) is 9.55 Å². The number of aryl methyl sites for hydroxylation is 1. The van der Waals surface area contributed by atoms with Gasteiger partial charge in [0, 0.05) is 5.02 Å². The normalized spacial score (nSPS) is 10.9. The number of aromatic nitrogens is 2. The first-order valence-corrected chi connectivity index (χ1v) is 7.37. The van der Waals surface area contributed by atoms with Crippen LogP contribution < -0.4 is 4.74 Å². The van der Waals surface area contributed by atoms with E-state index < -0.39 is 0 Å². The number of benzene rings is 2. The Morgan fingerprint density at radius 2 is 2.00 bits per heavy atom. The van der Waals surface area contributed by atoms with Gasteiger partial charge in [0.2, 0.25) is 0 Å². The van der Waals surface area contributed by atoms with Crippen LogP contribution in [0.1, 0.15) is 10.6 Å². The van der Waals surface area contributed by atoms with E-state index in [1.165, 1.54) is 0 Å². The lowest BCUT2D eigenvalue weighted by molar-refractivity contribution is 0.0840. The predicted molar refractivity (Wildman–Crippen MR) is 87.1 cm³/mol. The molecule has 6 heteroatoms. The summed E-state index contributed by atoms with van der Waals surface area (Å²) in [7, 11) is 0. The molecule has 0 saturated heterocycles. The maximum Gasteiger partial charge on any atom is 0.270 e. The summed E-state index contributed by atoms with van der Waals surface area (Å²) in [6, 6.07) is 12.3. The summed E-state index contributed by atoms with van der Waals surface area (Å²) in [5.74, 6) is 0.829. The maximum atomic E-state index is 12.4. The molecule has 1 heterocycles. The number of hydrogen-bond donors (Lipinski definition) is 0. The maximum absolute atomic E-state index is 12.4. The zero-order valence-corrected chi connectivity index (χ0v) is 13.2. The van der Waals surface area contributed by atoms with E-state index in [2.05, 4.69) is 4.98 Å². The summed E-state index contributed by atoms with van der Waals surface area (Å²) >= 11 is 11.9. The van der Waals surface area contributed by atoms with Crippen LogP contribution in [-0.4, -0.2) is 22.1 Å². The van der Waals surface area contributed by atoms with Crippen LogP contribution in [-0.2, 0) is 0 Å². The van der Waals surface area contributed by atoms with Crippen LogP contribution in [0.25, 0.3) is 11.0 Å².